The number of rotatable bonds is 27. The minimum Gasteiger partial charge on any atom is -0.481 e. The molecule has 0 bridgehead atoms. The fraction of sp³-hybridized carbons (Fsp3) is 0.262. The summed E-state index contributed by atoms with van der Waals surface area (Å²) in [6.07, 6.45) is -5.41. The third kappa shape index (κ3) is 15.7. The summed E-state index contributed by atoms with van der Waals surface area (Å²) in [5.41, 5.74) is 4.87. The number of amides is 3. The number of allylic oxidation sites excluding steroid dienone is 1. The van der Waals surface area contributed by atoms with Crippen molar-refractivity contribution < 1.29 is 47.7 Å². The summed E-state index contributed by atoms with van der Waals surface area (Å²) in [5, 5.41) is 40.2. The van der Waals surface area contributed by atoms with Crippen LogP contribution in [-0.4, -0.2) is 80.8 Å². The summed E-state index contributed by atoms with van der Waals surface area (Å²) in [4.78, 5) is 55.4. The van der Waals surface area contributed by atoms with E-state index in [1.54, 1.807) is 31.7 Å². The zero-order valence-corrected chi connectivity index (χ0v) is 46.0. The van der Waals surface area contributed by atoms with Crippen LogP contribution in [0.1, 0.15) is 77.6 Å². The summed E-state index contributed by atoms with van der Waals surface area (Å²) in [6, 6.07) is 59.6. The molecule has 0 heterocycles. The minimum atomic E-state index is -4.72. The van der Waals surface area contributed by atoms with Crippen LogP contribution in [0.2, 0.25) is 0 Å². The molecule has 80 heavy (non-hydrogen) atoms. The van der Waals surface area contributed by atoms with Crippen LogP contribution in [0, 0.1) is 5.92 Å². The lowest BCUT2D eigenvalue weighted by Crippen LogP contribution is -2.58. The standard InChI is InChI=1S/C65H66F3N3O7S2/c1-45(2)60(57(73)43-59(75)76)71-62(78)56(44-80-64(50-31-15-6-16-32-50,51-33-17-7-18-34-51)52-35-19-8-20-36-52)70-61(77)55(41-46-24-23-37-53(40-46)65(66,67)68)69-58(74)42-54(72)38-21-22-39-79-63(47-25-9-3-10-26-47,48-27-11-4-12-28-48)49-29-13-5-14-30-49/h3-21,23-38,40,45,54-57,60,72-73H,22,39,41-44H2,1-2H3,(H,69,74)(H,70,77)(H,71,78)(H,75,76)/t54?,55?,56?,57-,60+/m0/s1. The van der Waals surface area contributed by atoms with Gasteiger partial charge in [0.25, 0.3) is 0 Å². The summed E-state index contributed by atoms with van der Waals surface area (Å²) >= 11 is 3.06. The highest BCUT2D eigenvalue weighted by molar-refractivity contribution is 8.00. The SMILES string of the molecule is CC(C)[C@@H](NC(=O)C(CSC(c1ccccc1)(c1ccccc1)c1ccccc1)NC(=O)C(Cc1cccc(C(F)(F)F)c1)NC(=O)CC(O)C=CCCSC(c1ccccc1)(c1ccccc1)c1ccccc1)[C@@H](O)CC(=O)O. The topological polar surface area (TPSA) is 165 Å². The van der Waals surface area contributed by atoms with Gasteiger partial charge in [-0.25, -0.2) is 0 Å². The van der Waals surface area contributed by atoms with Gasteiger partial charge in [-0.15, -0.1) is 23.5 Å². The first-order valence-electron chi connectivity index (χ1n) is 26.4. The highest BCUT2D eigenvalue weighted by Crippen LogP contribution is 2.50. The normalized spacial score (nSPS) is 13.9. The Morgan fingerprint density at radius 1 is 0.525 bits per heavy atom. The number of carbonyl (C=O) groups excluding carboxylic acids is 3. The van der Waals surface area contributed by atoms with Crippen LogP contribution in [0.25, 0.3) is 0 Å². The number of aliphatic hydroxyl groups excluding tert-OH is 2. The highest BCUT2D eigenvalue weighted by Gasteiger charge is 2.41. The van der Waals surface area contributed by atoms with Gasteiger partial charge < -0.3 is 31.3 Å². The predicted molar refractivity (Wildman–Crippen MR) is 312 cm³/mol. The second-order valence-electron chi connectivity index (χ2n) is 19.7. The molecule has 0 fully saturated rings. The molecular formula is C65H66F3N3O7S2. The Hall–Kier alpha value is -7.43. The quantitative estimate of drug-likeness (QED) is 0.0167. The van der Waals surface area contributed by atoms with Crippen LogP contribution < -0.4 is 16.0 Å². The van der Waals surface area contributed by atoms with E-state index in [1.165, 1.54) is 30.0 Å². The lowest BCUT2D eigenvalue weighted by molar-refractivity contribution is -0.140. The molecule has 0 saturated carbocycles. The number of thioether (sulfide) groups is 2. The molecule has 10 nitrogen and oxygen atoms in total. The average Bonchev–Trinajstić information content (AvgIpc) is 3.46. The van der Waals surface area contributed by atoms with E-state index in [9.17, 15) is 47.7 Å². The van der Waals surface area contributed by atoms with E-state index in [-0.39, 0.29) is 11.3 Å². The maximum atomic E-state index is 14.9. The summed E-state index contributed by atoms with van der Waals surface area (Å²) < 4.78 is 40.6. The Labute approximate surface area is 474 Å². The van der Waals surface area contributed by atoms with Crippen molar-refractivity contribution in [2.24, 2.45) is 5.92 Å². The molecule has 0 aliphatic heterocycles. The number of nitrogens with one attached hydrogen (secondary N) is 3. The summed E-state index contributed by atoms with van der Waals surface area (Å²) in [7, 11) is 0. The molecule has 5 atom stereocenters. The van der Waals surface area contributed by atoms with Gasteiger partial charge in [0.05, 0.1) is 46.1 Å². The van der Waals surface area contributed by atoms with E-state index in [0.717, 1.165) is 45.5 Å². The number of hydrogen-bond acceptors (Lipinski definition) is 8. The number of aliphatic carboxylic acids is 1. The number of carbonyl (C=O) groups is 4. The maximum Gasteiger partial charge on any atom is 0.416 e. The molecule has 3 amide bonds. The van der Waals surface area contributed by atoms with Crippen molar-refractivity contribution in [2.45, 2.75) is 85.5 Å². The molecule has 6 N–H and O–H groups in total. The molecule has 3 unspecified atom stereocenters. The Morgan fingerprint density at radius 2 is 0.938 bits per heavy atom. The first-order chi connectivity index (χ1) is 38.5. The number of halogens is 3. The van der Waals surface area contributed by atoms with Crippen molar-refractivity contribution >= 4 is 47.2 Å². The Morgan fingerprint density at radius 3 is 1.35 bits per heavy atom. The van der Waals surface area contributed by atoms with Gasteiger partial charge in [0, 0.05) is 12.2 Å². The van der Waals surface area contributed by atoms with Crippen molar-refractivity contribution in [3.63, 3.8) is 0 Å². The van der Waals surface area contributed by atoms with Crippen LogP contribution in [-0.2, 0) is 41.3 Å². The van der Waals surface area contributed by atoms with Crippen molar-refractivity contribution in [2.75, 3.05) is 11.5 Å². The molecule has 0 saturated heterocycles. The van der Waals surface area contributed by atoms with Gasteiger partial charge in [-0.1, -0.05) is 226 Å². The van der Waals surface area contributed by atoms with Gasteiger partial charge in [-0.05, 0) is 63.1 Å². The van der Waals surface area contributed by atoms with E-state index in [4.69, 9.17) is 0 Å². The Kier molecular flexibility index (Phi) is 21.6. The van der Waals surface area contributed by atoms with E-state index in [2.05, 4.69) is 52.3 Å². The number of alkyl halides is 3. The minimum absolute atomic E-state index is 0.0547. The largest absolute Gasteiger partial charge is 0.481 e. The molecule has 7 aromatic rings. The average molecular weight is 1120 g/mol. The van der Waals surface area contributed by atoms with Crippen molar-refractivity contribution in [3.8, 4) is 0 Å². The maximum absolute atomic E-state index is 14.9. The monoisotopic (exact) mass is 1120 g/mol. The van der Waals surface area contributed by atoms with Crippen molar-refractivity contribution in [1.29, 1.82) is 0 Å². The van der Waals surface area contributed by atoms with E-state index in [1.807, 2.05) is 146 Å². The van der Waals surface area contributed by atoms with Gasteiger partial charge in [0.1, 0.15) is 12.1 Å². The molecule has 0 aromatic heterocycles. The predicted octanol–water partition coefficient (Wildman–Crippen LogP) is 11.3. The van der Waals surface area contributed by atoms with Crippen LogP contribution in [0.3, 0.4) is 0 Å². The van der Waals surface area contributed by atoms with Gasteiger partial charge in [-0.3, -0.25) is 19.2 Å². The second-order valence-corrected chi connectivity index (χ2v) is 22.3. The molecule has 0 radical (unpaired) electrons. The van der Waals surface area contributed by atoms with Gasteiger partial charge in [-0.2, -0.15) is 13.2 Å². The number of aliphatic hydroxyl groups is 2. The van der Waals surface area contributed by atoms with Gasteiger partial charge >= 0.3 is 12.1 Å². The fourth-order valence-electron chi connectivity index (χ4n) is 9.84. The molecule has 416 valence electrons. The highest BCUT2D eigenvalue weighted by atomic mass is 32.2. The summed E-state index contributed by atoms with van der Waals surface area (Å²) in [6.45, 7) is 3.39. The lowest BCUT2D eigenvalue weighted by Gasteiger charge is -2.37. The Balaban J connectivity index is 1.16. The van der Waals surface area contributed by atoms with Crippen LogP contribution >= 0.6 is 23.5 Å². The fourth-order valence-corrected chi connectivity index (χ4v) is 12.9. The molecule has 0 aliphatic carbocycles. The van der Waals surface area contributed by atoms with Crippen LogP contribution in [0.4, 0.5) is 13.2 Å². The third-order valence-corrected chi connectivity index (χ3v) is 16.9. The third-order valence-electron chi connectivity index (χ3n) is 13.7. The molecule has 7 rings (SSSR count). The number of benzene rings is 7. The van der Waals surface area contributed by atoms with Crippen LogP contribution in [0.5, 0.6) is 0 Å². The number of hydrogen-bond donors (Lipinski definition) is 6. The van der Waals surface area contributed by atoms with Crippen molar-refractivity contribution in [1.82, 2.24) is 16.0 Å². The van der Waals surface area contributed by atoms with E-state index < -0.39 is 100 Å². The smallest absolute Gasteiger partial charge is 0.416 e. The Bertz CT molecular complexity index is 2910. The van der Waals surface area contributed by atoms with Gasteiger partial charge in [0.2, 0.25) is 17.7 Å². The zero-order chi connectivity index (χ0) is 57.1. The molecule has 7 aromatic carbocycles. The number of carboxylic acid groups (broad SMARTS) is 1. The lowest BCUT2D eigenvalue weighted by atomic mass is 9.84. The first-order valence-corrected chi connectivity index (χ1v) is 28.4. The zero-order valence-electron chi connectivity index (χ0n) is 44.4. The first kappa shape index (κ1) is 60.2. The molecular weight excluding hydrogens is 1060 g/mol. The van der Waals surface area contributed by atoms with E-state index >= 15 is 0 Å². The summed E-state index contributed by atoms with van der Waals surface area (Å²) in [5.74, 6) is -3.80. The van der Waals surface area contributed by atoms with E-state index in [0.29, 0.717) is 12.2 Å². The van der Waals surface area contributed by atoms with Crippen molar-refractivity contribution in [3.05, 3.63) is 263 Å². The second kappa shape index (κ2) is 28.6. The number of carboxylic acids is 1. The molecule has 0 aliphatic rings. The molecule has 15 heteroatoms. The molecule has 0 spiro atoms. The van der Waals surface area contributed by atoms with Crippen LogP contribution in [0.15, 0.2) is 218 Å². The van der Waals surface area contributed by atoms with Gasteiger partial charge in [0.15, 0.2) is 0 Å².